The second-order valence-electron chi connectivity index (χ2n) is 4.55. The Morgan fingerprint density at radius 1 is 1.47 bits per heavy atom. The largest absolute Gasteiger partial charge is 0.507 e. The number of rotatable bonds is 4. The molecule has 1 rings (SSSR count). The molecule has 2 N–H and O–H groups in total. The number of phenols is 1. The zero-order chi connectivity index (χ0) is 14.8. The normalized spacial score (nSPS) is 11.2. The van der Waals surface area contributed by atoms with Gasteiger partial charge in [-0.3, -0.25) is 4.72 Å². The Balaban J connectivity index is 3.61. The van der Waals surface area contributed by atoms with Gasteiger partial charge >= 0.3 is 0 Å². The third kappa shape index (κ3) is 3.52. The molecule has 0 amide bonds. The lowest BCUT2D eigenvalue weighted by Crippen LogP contribution is -2.11. The Hall–Kier alpha value is -1.92. The van der Waals surface area contributed by atoms with Crippen molar-refractivity contribution in [2.75, 3.05) is 11.0 Å². The minimum Gasteiger partial charge on any atom is -0.507 e. The highest BCUT2D eigenvalue weighted by molar-refractivity contribution is 7.92. The van der Waals surface area contributed by atoms with Crippen molar-refractivity contribution in [3.63, 3.8) is 0 Å². The maximum absolute atomic E-state index is 11.3. The van der Waals surface area contributed by atoms with Crippen molar-refractivity contribution in [3.8, 4) is 5.75 Å². The molecule has 0 aliphatic rings. The lowest BCUT2D eigenvalue weighted by atomic mass is 9.98. The second kappa shape index (κ2) is 5.38. The molecule has 0 atom stereocenters. The molecule has 0 aliphatic heterocycles. The zero-order valence-corrected chi connectivity index (χ0v) is 12.0. The van der Waals surface area contributed by atoms with Crippen LogP contribution in [0.15, 0.2) is 11.2 Å². The first-order valence-corrected chi connectivity index (χ1v) is 7.46. The molecule has 0 heterocycles. The predicted octanol–water partition coefficient (Wildman–Crippen LogP) is 3.14. The Labute approximate surface area is 111 Å². The quantitative estimate of drug-likeness (QED) is 0.383. The van der Waals surface area contributed by atoms with E-state index in [0.29, 0.717) is 16.8 Å². The molecule has 104 valence electrons. The molecule has 0 unspecified atom stereocenters. The van der Waals surface area contributed by atoms with Gasteiger partial charge in [-0.1, -0.05) is 19.0 Å². The van der Waals surface area contributed by atoms with Crippen molar-refractivity contribution in [2.24, 2.45) is 5.11 Å². The molecule has 0 aliphatic carbocycles. The van der Waals surface area contributed by atoms with Crippen LogP contribution in [-0.2, 0) is 10.0 Å². The van der Waals surface area contributed by atoms with Crippen molar-refractivity contribution < 1.29 is 13.5 Å². The van der Waals surface area contributed by atoms with Gasteiger partial charge in [-0.25, -0.2) is 8.42 Å². The molecule has 19 heavy (non-hydrogen) atoms. The number of nitrogens with one attached hydrogen (secondary N) is 1. The molecule has 0 fully saturated rings. The highest BCUT2D eigenvalue weighted by atomic mass is 32.2. The summed E-state index contributed by atoms with van der Waals surface area (Å²) in [6.45, 7) is 5.25. The number of hydrogen-bond acceptors (Lipinski definition) is 4. The van der Waals surface area contributed by atoms with Gasteiger partial charge in [-0.2, -0.15) is 0 Å². The number of hydrogen-bond donors (Lipinski definition) is 2. The fourth-order valence-corrected chi connectivity index (χ4v) is 2.30. The van der Waals surface area contributed by atoms with Crippen LogP contribution in [0.5, 0.6) is 5.75 Å². The van der Waals surface area contributed by atoms with E-state index in [4.69, 9.17) is 5.53 Å². The molecule has 0 saturated heterocycles. The average molecular weight is 284 g/mol. The fourth-order valence-electron chi connectivity index (χ4n) is 1.69. The predicted molar refractivity (Wildman–Crippen MR) is 74.2 cm³/mol. The number of azide groups is 1. The van der Waals surface area contributed by atoms with Crippen LogP contribution in [0.25, 0.3) is 10.4 Å². The molecule has 7 nitrogen and oxygen atoms in total. The lowest BCUT2D eigenvalue weighted by Gasteiger charge is -2.17. The lowest BCUT2D eigenvalue weighted by molar-refractivity contribution is 0.466. The van der Waals surface area contributed by atoms with Gasteiger partial charge in [0.05, 0.1) is 17.6 Å². The van der Waals surface area contributed by atoms with E-state index in [1.807, 2.05) is 13.8 Å². The van der Waals surface area contributed by atoms with Gasteiger partial charge in [-0.05, 0) is 35.6 Å². The van der Waals surface area contributed by atoms with Gasteiger partial charge in [-0.15, -0.1) is 0 Å². The molecule has 1 aromatic carbocycles. The highest BCUT2D eigenvalue weighted by Gasteiger charge is 2.17. The summed E-state index contributed by atoms with van der Waals surface area (Å²) in [6, 6.07) is 1.55. The van der Waals surface area contributed by atoms with Crippen LogP contribution >= 0.6 is 0 Å². The van der Waals surface area contributed by atoms with Crippen molar-refractivity contribution in [1.29, 1.82) is 0 Å². The van der Waals surface area contributed by atoms with Crippen LogP contribution in [0.3, 0.4) is 0 Å². The van der Waals surface area contributed by atoms with Crippen molar-refractivity contribution in [1.82, 2.24) is 0 Å². The Morgan fingerprint density at radius 3 is 2.47 bits per heavy atom. The number of sulfonamides is 1. The summed E-state index contributed by atoms with van der Waals surface area (Å²) in [4.78, 5) is 2.65. The summed E-state index contributed by atoms with van der Waals surface area (Å²) in [6.07, 6.45) is 1.03. The van der Waals surface area contributed by atoms with E-state index in [-0.39, 0.29) is 17.4 Å². The SMILES string of the molecule is Cc1c(NS(C)(=O)=O)cc(C(C)C)c(O)c1N=[N+]=[N-]. The van der Waals surface area contributed by atoms with Crippen molar-refractivity contribution in [3.05, 3.63) is 27.6 Å². The number of aromatic hydroxyl groups is 1. The van der Waals surface area contributed by atoms with Crippen molar-refractivity contribution in [2.45, 2.75) is 26.7 Å². The summed E-state index contributed by atoms with van der Waals surface area (Å²) < 4.78 is 25.0. The minimum absolute atomic E-state index is 0.0415. The summed E-state index contributed by atoms with van der Waals surface area (Å²) in [7, 11) is -3.45. The minimum atomic E-state index is -3.45. The summed E-state index contributed by atoms with van der Waals surface area (Å²) in [5.41, 5.74) is 9.76. The van der Waals surface area contributed by atoms with Crippen LogP contribution in [0.2, 0.25) is 0 Å². The molecular formula is C11H16N4O3S. The van der Waals surface area contributed by atoms with Gasteiger partial charge in [0.25, 0.3) is 0 Å². The molecule has 8 heteroatoms. The fraction of sp³-hybridized carbons (Fsp3) is 0.455. The smallest absolute Gasteiger partial charge is 0.229 e. The van der Waals surface area contributed by atoms with Crippen molar-refractivity contribution >= 4 is 21.4 Å². The number of nitrogens with zero attached hydrogens (tertiary/aromatic N) is 3. The van der Waals surface area contributed by atoms with E-state index < -0.39 is 10.0 Å². The van der Waals surface area contributed by atoms with Crippen LogP contribution in [-0.4, -0.2) is 19.8 Å². The highest BCUT2D eigenvalue weighted by Crippen LogP contribution is 2.41. The second-order valence-corrected chi connectivity index (χ2v) is 6.30. The maximum Gasteiger partial charge on any atom is 0.229 e. The number of benzene rings is 1. The first kappa shape index (κ1) is 15.1. The summed E-state index contributed by atoms with van der Waals surface area (Å²) in [5, 5.41) is 13.5. The first-order valence-electron chi connectivity index (χ1n) is 5.56. The molecule has 0 saturated carbocycles. The molecule has 0 aromatic heterocycles. The molecule has 0 radical (unpaired) electrons. The van der Waals surface area contributed by atoms with Crippen LogP contribution < -0.4 is 4.72 Å². The summed E-state index contributed by atoms with van der Waals surface area (Å²) >= 11 is 0. The zero-order valence-electron chi connectivity index (χ0n) is 11.2. The molecule has 0 spiro atoms. The van der Waals surface area contributed by atoms with Gasteiger partial charge in [0.15, 0.2) is 0 Å². The Kier molecular flexibility index (Phi) is 4.28. The maximum atomic E-state index is 11.3. The molecule has 0 bridgehead atoms. The van der Waals surface area contributed by atoms with E-state index in [9.17, 15) is 13.5 Å². The van der Waals surface area contributed by atoms with E-state index in [1.165, 1.54) is 0 Å². The van der Waals surface area contributed by atoms with Gasteiger partial charge in [0.1, 0.15) is 5.75 Å². The first-order chi connectivity index (χ1) is 8.67. The molecule has 1 aromatic rings. The third-order valence-electron chi connectivity index (χ3n) is 2.62. The Morgan fingerprint density at radius 2 is 2.05 bits per heavy atom. The average Bonchev–Trinajstić information content (AvgIpc) is 2.26. The van der Waals surface area contributed by atoms with Crippen LogP contribution in [0, 0.1) is 6.92 Å². The Bertz CT molecular complexity index is 646. The van der Waals surface area contributed by atoms with E-state index in [1.54, 1.807) is 13.0 Å². The van der Waals surface area contributed by atoms with Gasteiger partial charge in [0.2, 0.25) is 10.0 Å². The van der Waals surface area contributed by atoms with Gasteiger partial charge < -0.3 is 5.11 Å². The van der Waals surface area contributed by atoms with E-state index >= 15 is 0 Å². The number of phenolic OH excluding ortho intramolecular Hbond substituents is 1. The molecular weight excluding hydrogens is 268 g/mol. The van der Waals surface area contributed by atoms with Crippen LogP contribution in [0.4, 0.5) is 11.4 Å². The van der Waals surface area contributed by atoms with Crippen LogP contribution in [0.1, 0.15) is 30.9 Å². The van der Waals surface area contributed by atoms with E-state index in [2.05, 4.69) is 14.7 Å². The third-order valence-corrected chi connectivity index (χ3v) is 3.21. The van der Waals surface area contributed by atoms with Gasteiger partial charge in [0, 0.05) is 4.91 Å². The topological polar surface area (TPSA) is 115 Å². The number of anilines is 1. The standard InChI is InChI=1S/C11H16N4O3S/c1-6(2)8-5-9(14-19(4,17)18)7(3)10(11(8)16)13-15-12/h5-6,14,16H,1-4H3. The van der Waals surface area contributed by atoms with E-state index in [0.717, 1.165) is 6.26 Å². The summed E-state index contributed by atoms with van der Waals surface area (Å²) in [5.74, 6) is -0.169. The monoisotopic (exact) mass is 284 g/mol.